The van der Waals surface area contributed by atoms with Crippen LogP contribution in [0, 0.1) is 5.92 Å². The van der Waals surface area contributed by atoms with Gasteiger partial charge in [0.15, 0.2) is 11.2 Å². The second-order valence-corrected chi connectivity index (χ2v) is 8.38. The van der Waals surface area contributed by atoms with Crippen molar-refractivity contribution in [2.75, 3.05) is 39.1 Å². The van der Waals surface area contributed by atoms with Gasteiger partial charge in [0.25, 0.3) is 5.56 Å². The van der Waals surface area contributed by atoms with Crippen LogP contribution in [0.2, 0.25) is 0 Å². The van der Waals surface area contributed by atoms with Gasteiger partial charge in [0.05, 0.1) is 13.7 Å². The number of ether oxygens (including phenoxy) is 1. The largest absolute Gasteiger partial charge is 0.497 e. The van der Waals surface area contributed by atoms with Gasteiger partial charge in [-0.25, -0.2) is 4.79 Å². The summed E-state index contributed by atoms with van der Waals surface area (Å²) in [5, 5.41) is 3.43. The number of hydrogen-bond acceptors (Lipinski definition) is 6. The monoisotopic (exact) mass is 426 g/mol. The van der Waals surface area contributed by atoms with Gasteiger partial charge >= 0.3 is 5.69 Å². The predicted octanol–water partition coefficient (Wildman–Crippen LogP) is 1.24. The quantitative estimate of drug-likeness (QED) is 0.612. The zero-order chi connectivity index (χ0) is 22.1. The van der Waals surface area contributed by atoms with Gasteiger partial charge in [-0.15, -0.1) is 0 Å². The number of fused-ring (bicyclic) bond motifs is 1. The Morgan fingerprint density at radius 2 is 2.00 bits per heavy atom. The molecule has 166 valence electrons. The lowest BCUT2D eigenvalue weighted by atomic mass is 10.1. The molecule has 9 nitrogen and oxygen atoms in total. The minimum absolute atomic E-state index is 0.348. The van der Waals surface area contributed by atoms with Crippen LogP contribution in [0.5, 0.6) is 5.75 Å². The van der Waals surface area contributed by atoms with Crippen LogP contribution in [0.25, 0.3) is 11.2 Å². The first kappa shape index (κ1) is 21.2. The second kappa shape index (κ2) is 8.58. The summed E-state index contributed by atoms with van der Waals surface area (Å²) in [4.78, 5) is 32.4. The summed E-state index contributed by atoms with van der Waals surface area (Å²) in [6.07, 6.45) is 2.23. The van der Waals surface area contributed by atoms with Gasteiger partial charge in [-0.2, -0.15) is 4.98 Å². The van der Waals surface area contributed by atoms with E-state index < -0.39 is 0 Å². The predicted molar refractivity (Wildman–Crippen MR) is 121 cm³/mol. The molecule has 3 heterocycles. The summed E-state index contributed by atoms with van der Waals surface area (Å²) >= 11 is 0. The first-order valence-electron chi connectivity index (χ1n) is 10.6. The number of aryl methyl sites for hydroxylation is 1. The van der Waals surface area contributed by atoms with Gasteiger partial charge in [0.2, 0.25) is 5.95 Å². The number of nitrogens with one attached hydrogen (secondary N) is 1. The molecule has 4 rings (SSSR count). The lowest BCUT2D eigenvalue weighted by molar-refractivity contribution is 0.390. The standard InChI is InChI=1S/C22H30N6O3/c1-25-11-9-15(13-25)8-10-23-21-24-19-18(20(29)27(3)22(30)26(19)2)28(21)14-16-6-5-7-17(12-16)31-4/h5-7,12,15H,8-11,13-14H2,1-4H3,(H,23,24). The Bertz CT molecular complexity index is 1210. The van der Waals surface area contributed by atoms with Gasteiger partial charge in [-0.05, 0) is 50.0 Å². The third-order valence-corrected chi connectivity index (χ3v) is 6.15. The number of hydrogen-bond donors (Lipinski definition) is 1. The molecular weight excluding hydrogens is 396 g/mol. The lowest BCUT2D eigenvalue weighted by Gasteiger charge is -2.14. The number of anilines is 1. The molecule has 1 unspecified atom stereocenters. The van der Waals surface area contributed by atoms with Gasteiger partial charge in [-0.3, -0.25) is 18.5 Å². The molecule has 2 aromatic heterocycles. The molecule has 1 aromatic carbocycles. The Hall–Kier alpha value is -3.07. The molecule has 0 radical (unpaired) electrons. The molecule has 1 atom stereocenters. The molecule has 1 aliphatic rings. The topological polar surface area (TPSA) is 86.3 Å². The Morgan fingerprint density at radius 1 is 1.19 bits per heavy atom. The molecule has 0 aliphatic carbocycles. The first-order chi connectivity index (χ1) is 14.9. The molecule has 3 aromatic rings. The van der Waals surface area contributed by atoms with E-state index in [9.17, 15) is 9.59 Å². The van der Waals surface area contributed by atoms with Crippen molar-refractivity contribution in [3.05, 3.63) is 50.7 Å². The number of rotatable bonds is 7. The van der Waals surface area contributed by atoms with E-state index >= 15 is 0 Å². The molecule has 9 heteroatoms. The molecule has 0 spiro atoms. The van der Waals surface area contributed by atoms with Crippen LogP contribution in [0.15, 0.2) is 33.9 Å². The van der Waals surface area contributed by atoms with Crippen LogP contribution in [-0.2, 0) is 20.6 Å². The maximum atomic E-state index is 13.0. The van der Waals surface area contributed by atoms with Crippen molar-refractivity contribution in [1.82, 2.24) is 23.6 Å². The molecule has 0 saturated carbocycles. The van der Waals surface area contributed by atoms with Crippen molar-refractivity contribution in [2.24, 2.45) is 20.0 Å². The molecule has 1 fully saturated rings. The lowest BCUT2D eigenvalue weighted by Crippen LogP contribution is -2.37. The van der Waals surface area contributed by atoms with E-state index in [0.717, 1.165) is 41.9 Å². The van der Waals surface area contributed by atoms with Gasteiger partial charge < -0.3 is 15.0 Å². The third kappa shape index (κ3) is 4.10. The number of benzene rings is 1. The average Bonchev–Trinajstić information content (AvgIpc) is 3.34. The third-order valence-electron chi connectivity index (χ3n) is 6.15. The highest BCUT2D eigenvalue weighted by Crippen LogP contribution is 2.22. The normalized spacial score (nSPS) is 16.8. The fourth-order valence-electron chi connectivity index (χ4n) is 4.34. The Kier molecular flexibility index (Phi) is 5.86. The molecule has 0 bridgehead atoms. The van der Waals surface area contributed by atoms with Crippen LogP contribution >= 0.6 is 0 Å². The maximum Gasteiger partial charge on any atom is 0.332 e. The van der Waals surface area contributed by atoms with Gasteiger partial charge in [0.1, 0.15) is 5.75 Å². The molecule has 31 heavy (non-hydrogen) atoms. The number of methoxy groups -OCH3 is 1. The number of aromatic nitrogens is 4. The minimum Gasteiger partial charge on any atom is -0.497 e. The fraction of sp³-hybridized carbons (Fsp3) is 0.500. The van der Waals surface area contributed by atoms with Crippen molar-refractivity contribution >= 4 is 17.1 Å². The van der Waals surface area contributed by atoms with Crippen LogP contribution in [0.1, 0.15) is 18.4 Å². The van der Waals surface area contributed by atoms with Crippen molar-refractivity contribution in [2.45, 2.75) is 19.4 Å². The highest BCUT2D eigenvalue weighted by atomic mass is 16.5. The van der Waals surface area contributed by atoms with Crippen LogP contribution in [-0.4, -0.2) is 57.4 Å². The Morgan fingerprint density at radius 3 is 2.71 bits per heavy atom. The van der Waals surface area contributed by atoms with E-state index in [2.05, 4.69) is 22.2 Å². The minimum atomic E-state index is -0.385. The molecule has 1 aliphatic heterocycles. The van der Waals surface area contributed by atoms with Crippen molar-refractivity contribution in [1.29, 1.82) is 0 Å². The number of nitrogens with zero attached hydrogens (tertiary/aromatic N) is 5. The summed E-state index contributed by atoms with van der Waals surface area (Å²) < 4.78 is 9.77. The zero-order valence-electron chi connectivity index (χ0n) is 18.6. The van der Waals surface area contributed by atoms with Crippen LogP contribution < -0.4 is 21.3 Å². The van der Waals surface area contributed by atoms with Gasteiger partial charge in [0, 0.05) is 27.2 Å². The summed E-state index contributed by atoms with van der Waals surface area (Å²) in [5.41, 5.74) is 1.05. The molecule has 0 amide bonds. The highest BCUT2D eigenvalue weighted by Gasteiger charge is 2.21. The van der Waals surface area contributed by atoms with E-state index in [-0.39, 0.29) is 11.2 Å². The summed E-state index contributed by atoms with van der Waals surface area (Å²) in [6.45, 7) is 3.44. The molecular formula is C22H30N6O3. The Labute approximate surface area is 180 Å². The zero-order valence-corrected chi connectivity index (χ0v) is 18.6. The fourth-order valence-corrected chi connectivity index (χ4v) is 4.34. The van der Waals surface area contributed by atoms with Crippen molar-refractivity contribution in [3.8, 4) is 5.75 Å². The van der Waals surface area contributed by atoms with E-state index in [1.807, 2.05) is 28.8 Å². The SMILES string of the molecule is COc1cccc(Cn2c(NCCC3CCN(C)C3)nc3c2c(=O)n(C)c(=O)n3C)c1. The number of likely N-dealkylation sites (tertiary alicyclic amines) is 1. The summed E-state index contributed by atoms with van der Waals surface area (Å²) in [7, 11) is 6.92. The van der Waals surface area contributed by atoms with E-state index in [1.54, 1.807) is 14.2 Å². The van der Waals surface area contributed by atoms with Crippen LogP contribution in [0.4, 0.5) is 5.95 Å². The number of imidazole rings is 1. The molecule has 1 N–H and O–H groups in total. The average molecular weight is 427 g/mol. The summed E-state index contributed by atoms with van der Waals surface area (Å²) in [6, 6.07) is 7.73. The maximum absolute atomic E-state index is 13.0. The van der Waals surface area contributed by atoms with Crippen LogP contribution in [0.3, 0.4) is 0 Å². The van der Waals surface area contributed by atoms with E-state index in [1.165, 1.54) is 18.0 Å². The molecule has 1 saturated heterocycles. The highest BCUT2D eigenvalue weighted by molar-refractivity contribution is 5.74. The van der Waals surface area contributed by atoms with Crippen molar-refractivity contribution in [3.63, 3.8) is 0 Å². The van der Waals surface area contributed by atoms with E-state index in [4.69, 9.17) is 4.74 Å². The Balaban J connectivity index is 1.72. The van der Waals surface area contributed by atoms with Gasteiger partial charge in [-0.1, -0.05) is 12.1 Å². The van der Waals surface area contributed by atoms with Crippen molar-refractivity contribution < 1.29 is 4.74 Å². The smallest absolute Gasteiger partial charge is 0.332 e. The second-order valence-electron chi connectivity index (χ2n) is 8.38. The van der Waals surface area contributed by atoms with E-state index in [0.29, 0.717) is 29.6 Å². The summed E-state index contributed by atoms with van der Waals surface area (Å²) in [5.74, 6) is 2.01. The first-order valence-corrected chi connectivity index (χ1v) is 10.6.